The Morgan fingerprint density at radius 3 is 2.42 bits per heavy atom. The molecule has 0 bridgehead atoms. The second kappa shape index (κ2) is 6.85. The lowest BCUT2D eigenvalue weighted by atomic mass is 10.2. The first-order valence-corrected chi connectivity index (χ1v) is 7.02. The van der Waals surface area contributed by atoms with Crippen molar-refractivity contribution in [3.05, 3.63) is 60.2 Å². The molecule has 1 amide bonds. The number of amides is 1. The predicted octanol–water partition coefficient (Wildman–Crippen LogP) is 3.23. The molecule has 0 aromatic heterocycles. The number of rotatable bonds is 5. The predicted molar refractivity (Wildman–Crippen MR) is 80.1 cm³/mol. The van der Waals surface area contributed by atoms with Crippen LogP contribution >= 0.6 is 11.8 Å². The van der Waals surface area contributed by atoms with Gasteiger partial charge in [-0.3, -0.25) is 15.6 Å². The zero-order valence-electron chi connectivity index (χ0n) is 10.7. The van der Waals surface area contributed by atoms with Gasteiger partial charge in [-0.05, 0) is 31.2 Å². The number of carbonyl (C=O) groups is 1. The van der Waals surface area contributed by atoms with E-state index < -0.39 is 0 Å². The summed E-state index contributed by atoms with van der Waals surface area (Å²) < 4.78 is 0. The van der Waals surface area contributed by atoms with E-state index in [1.165, 1.54) is 17.3 Å². The highest BCUT2D eigenvalue weighted by Gasteiger charge is 2.02. The number of hydrogen-bond donors (Lipinski definition) is 2. The van der Waals surface area contributed by atoms with E-state index in [0.29, 0.717) is 5.75 Å². The quantitative estimate of drug-likeness (QED) is 0.648. The van der Waals surface area contributed by atoms with Crippen LogP contribution < -0.4 is 10.9 Å². The molecule has 0 radical (unpaired) electrons. The van der Waals surface area contributed by atoms with Crippen LogP contribution in [0.5, 0.6) is 0 Å². The van der Waals surface area contributed by atoms with Gasteiger partial charge in [-0.1, -0.05) is 35.9 Å². The maximum absolute atomic E-state index is 11.7. The second-order valence-corrected chi connectivity index (χ2v) is 5.19. The van der Waals surface area contributed by atoms with Gasteiger partial charge in [0.15, 0.2) is 0 Å². The third kappa shape index (κ3) is 4.67. The van der Waals surface area contributed by atoms with Crippen LogP contribution in [0.1, 0.15) is 5.56 Å². The van der Waals surface area contributed by atoms with Crippen LogP contribution in [0.3, 0.4) is 0 Å². The maximum Gasteiger partial charge on any atom is 0.248 e. The number of carbonyl (C=O) groups excluding carboxylic acids is 1. The number of benzene rings is 2. The number of nitrogens with one attached hydrogen (secondary N) is 2. The van der Waals surface area contributed by atoms with E-state index in [2.05, 4.69) is 10.9 Å². The lowest BCUT2D eigenvalue weighted by Crippen LogP contribution is -2.30. The van der Waals surface area contributed by atoms with Crippen molar-refractivity contribution in [1.29, 1.82) is 0 Å². The van der Waals surface area contributed by atoms with Crippen LogP contribution in [0.2, 0.25) is 0 Å². The molecule has 0 spiro atoms. The molecule has 0 unspecified atom stereocenters. The van der Waals surface area contributed by atoms with Crippen LogP contribution in [0.25, 0.3) is 0 Å². The van der Waals surface area contributed by atoms with Gasteiger partial charge in [0.25, 0.3) is 0 Å². The number of hydrazine groups is 1. The van der Waals surface area contributed by atoms with Crippen molar-refractivity contribution in [3.63, 3.8) is 0 Å². The summed E-state index contributed by atoms with van der Waals surface area (Å²) >= 11 is 1.52. The lowest BCUT2D eigenvalue weighted by Gasteiger charge is -2.08. The lowest BCUT2D eigenvalue weighted by molar-refractivity contribution is -0.118. The fourth-order valence-corrected chi connectivity index (χ4v) is 2.18. The molecule has 0 saturated carbocycles. The molecule has 2 rings (SSSR count). The molecule has 3 nitrogen and oxygen atoms in total. The summed E-state index contributed by atoms with van der Waals surface area (Å²) in [6, 6.07) is 17.7. The molecule has 0 aliphatic rings. The minimum atomic E-state index is -0.0468. The van der Waals surface area contributed by atoms with Crippen LogP contribution in [0, 0.1) is 6.92 Å². The molecule has 2 aromatic rings. The summed E-state index contributed by atoms with van der Waals surface area (Å²) in [4.78, 5) is 12.8. The van der Waals surface area contributed by atoms with Gasteiger partial charge in [-0.25, -0.2) is 0 Å². The molecule has 98 valence electrons. The first-order valence-electron chi connectivity index (χ1n) is 6.03. The molecular weight excluding hydrogens is 256 g/mol. The highest BCUT2D eigenvalue weighted by molar-refractivity contribution is 8.00. The van der Waals surface area contributed by atoms with Crippen molar-refractivity contribution in [2.75, 3.05) is 11.2 Å². The van der Waals surface area contributed by atoms with E-state index in [1.54, 1.807) is 0 Å². The Morgan fingerprint density at radius 2 is 1.74 bits per heavy atom. The highest BCUT2D eigenvalue weighted by Crippen LogP contribution is 2.17. The number of aryl methyl sites for hydroxylation is 1. The number of para-hydroxylation sites is 1. The fraction of sp³-hybridized carbons (Fsp3) is 0.133. The van der Waals surface area contributed by atoms with Gasteiger partial charge in [-0.2, -0.15) is 0 Å². The summed E-state index contributed by atoms with van der Waals surface area (Å²) in [5, 5.41) is 0. The summed E-state index contributed by atoms with van der Waals surface area (Å²) in [6.07, 6.45) is 0. The fourth-order valence-electron chi connectivity index (χ4n) is 1.48. The van der Waals surface area contributed by atoms with Crippen LogP contribution in [-0.2, 0) is 4.79 Å². The van der Waals surface area contributed by atoms with Crippen LogP contribution in [0.15, 0.2) is 59.5 Å². The van der Waals surface area contributed by atoms with Crippen molar-refractivity contribution in [1.82, 2.24) is 5.43 Å². The first-order chi connectivity index (χ1) is 9.24. The van der Waals surface area contributed by atoms with Gasteiger partial charge in [0.05, 0.1) is 11.4 Å². The zero-order valence-corrected chi connectivity index (χ0v) is 11.5. The van der Waals surface area contributed by atoms with E-state index in [9.17, 15) is 4.79 Å². The van der Waals surface area contributed by atoms with Crippen molar-refractivity contribution >= 4 is 23.4 Å². The smallest absolute Gasteiger partial charge is 0.248 e. The van der Waals surface area contributed by atoms with Gasteiger partial charge in [0.1, 0.15) is 0 Å². The van der Waals surface area contributed by atoms with E-state index in [4.69, 9.17) is 0 Å². The minimum Gasteiger partial charge on any atom is -0.299 e. The van der Waals surface area contributed by atoms with E-state index >= 15 is 0 Å². The molecule has 0 saturated heterocycles. The van der Waals surface area contributed by atoms with Gasteiger partial charge in [0.2, 0.25) is 5.91 Å². The second-order valence-electron chi connectivity index (χ2n) is 4.14. The van der Waals surface area contributed by atoms with Gasteiger partial charge in [-0.15, -0.1) is 11.8 Å². The topological polar surface area (TPSA) is 41.1 Å². The summed E-state index contributed by atoms with van der Waals surface area (Å²) in [5.74, 6) is 0.345. The van der Waals surface area contributed by atoms with Crippen LogP contribution in [-0.4, -0.2) is 11.7 Å². The number of thioether (sulfide) groups is 1. The highest BCUT2D eigenvalue weighted by atomic mass is 32.2. The number of hydrogen-bond acceptors (Lipinski definition) is 3. The van der Waals surface area contributed by atoms with Gasteiger partial charge < -0.3 is 0 Å². The van der Waals surface area contributed by atoms with Crippen LogP contribution in [0.4, 0.5) is 5.69 Å². The van der Waals surface area contributed by atoms with Crippen molar-refractivity contribution in [2.24, 2.45) is 0 Å². The van der Waals surface area contributed by atoms with Crippen molar-refractivity contribution in [3.8, 4) is 0 Å². The molecule has 0 aliphatic heterocycles. The average molecular weight is 272 g/mol. The largest absolute Gasteiger partial charge is 0.299 e. The Labute approximate surface area is 117 Å². The third-order valence-corrected chi connectivity index (χ3v) is 3.52. The summed E-state index contributed by atoms with van der Waals surface area (Å²) in [6.45, 7) is 2.05. The summed E-state index contributed by atoms with van der Waals surface area (Å²) in [7, 11) is 0. The van der Waals surface area contributed by atoms with Gasteiger partial charge >= 0.3 is 0 Å². The van der Waals surface area contributed by atoms with E-state index in [-0.39, 0.29) is 5.91 Å². The Hall–Kier alpha value is -1.94. The minimum absolute atomic E-state index is 0.0468. The number of anilines is 1. The molecule has 0 aliphatic carbocycles. The molecule has 0 fully saturated rings. The maximum atomic E-state index is 11.7. The summed E-state index contributed by atoms with van der Waals surface area (Å²) in [5.41, 5.74) is 7.64. The Balaban J connectivity index is 1.74. The van der Waals surface area contributed by atoms with Crippen molar-refractivity contribution < 1.29 is 4.79 Å². The van der Waals surface area contributed by atoms with Gasteiger partial charge in [0, 0.05) is 4.90 Å². The molecule has 2 aromatic carbocycles. The Bertz CT molecular complexity index is 526. The Morgan fingerprint density at radius 1 is 1.05 bits per heavy atom. The molecule has 2 N–H and O–H groups in total. The standard InChI is InChI=1S/C15H16N2OS/c1-12-7-9-14(10-8-12)19-11-15(18)17-16-13-5-3-2-4-6-13/h2-10,16H,11H2,1H3,(H,17,18). The Kier molecular flexibility index (Phi) is 4.86. The molecule has 19 heavy (non-hydrogen) atoms. The molecular formula is C15H16N2OS. The van der Waals surface area contributed by atoms with E-state index in [1.807, 2.05) is 61.5 Å². The molecule has 0 heterocycles. The normalized spacial score (nSPS) is 9.95. The molecule has 4 heteroatoms. The molecule has 0 atom stereocenters. The monoisotopic (exact) mass is 272 g/mol. The average Bonchev–Trinajstić information content (AvgIpc) is 2.45. The third-order valence-electron chi connectivity index (χ3n) is 2.51. The van der Waals surface area contributed by atoms with E-state index in [0.717, 1.165) is 10.6 Å². The first kappa shape index (κ1) is 13.5. The van der Waals surface area contributed by atoms with Crippen molar-refractivity contribution in [2.45, 2.75) is 11.8 Å². The SMILES string of the molecule is Cc1ccc(SCC(=O)NNc2ccccc2)cc1. The zero-order chi connectivity index (χ0) is 13.5.